The molecule has 0 spiro atoms. The first-order valence-electron chi connectivity index (χ1n) is 12.2. The average Bonchev–Trinajstić information content (AvgIpc) is 3.60. The summed E-state index contributed by atoms with van der Waals surface area (Å²) in [6.45, 7) is 9.46. The summed E-state index contributed by atoms with van der Waals surface area (Å²) in [5.74, 6) is 1.51. The van der Waals surface area contributed by atoms with Gasteiger partial charge in [0.25, 0.3) is 0 Å². The SMILES string of the molecule is Cc1noc2cc(OCC3CC3)c(C(O[SiH](c3ccccc3)c3ccccc3)C(C)(C)C)cc12. The molecular weight excluding hydrogens is 438 g/mol. The molecular formula is C29H33NO3Si. The highest BCUT2D eigenvalue weighted by atomic mass is 28.3. The number of benzene rings is 3. The van der Waals surface area contributed by atoms with E-state index >= 15 is 0 Å². The summed E-state index contributed by atoms with van der Waals surface area (Å²) in [5.41, 5.74) is 2.58. The third-order valence-corrected chi connectivity index (χ3v) is 9.03. The molecule has 1 atom stereocenters. The lowest BCUT2D eigenvalue weighted by Gasteiger charge is -2.35. The number of aryl methyl sites for hydroxylation is 1. The first-order valence-corrected chi connectivity index (χ1v) is 13.8. The van der Waals surface area contributed by atoms with Crippen LogP contribution in [0, 0.1) is 18.3 Å². The molecule has 34 heavy (non-hydrogen) atoms. The molecule has 5 rings (SSSR count). The number of ether oxygens (including phenoxy) is 1. The molecule has 0 saturated heterocycles. The maximum Gasteiger partial charge on any atom is 0.240 e. The molecule has 4 aromatic rings. The summed E-state index contributed by atoms with van der Waals surface area (Å²) in [7, 11) is -1.98. The van der Waals surface area contributed by atoms with Crippen LogP contribution in [0.2, 0.25) is 0 Å². The van der Waals surface area contributed by atoms with E-state index in [2.05, 4.69) is 92.7 Å². The normalized spacial score (nSPS) is 15.1. The van der Waals surface area contributed by atoms with E-state index < -0.39 is 9.04 Å². The van der Waals surface area contributed by atoms with Gasteiger partial charge in [-0.15, -0.1) is 0 Å². The van der Waals surface area contributed by atoms with E-state index in [0.29, 0.717) is 5.92 Å². The molecule has 1 aliphatic carbocycles. The summed E-state index contributed by atoms with van der Waals surface area (Å²) < 4.78 is 19.2. The van der Waals surface area contributed by atoms with Crippen LogP contribution in [0.1, 0.15) is 51.0 Å². The van der Waals surface area contributed by atoms with Gasteiger partial charge < -0.3 is 13.7 Å². The van der Waals surface area contributed by atoms with Crippen molar-refractivity contribution in [2.75, 3.05) is 6.61 Å². The number of fused-ring (bicyclic) bond motifs is 1. The van der Waals surface area contributed by atoms with Crippen molar-refractivity contribution in [2.24, 2.45) is 11.3 Å². The second-order valence-electron chi connectivity index (χ2n) is 10.5. The Balaban J connectivity index is 1.60. The molecule has 0 bridgehead atoms. The van der Waals surface area contributed by atoms with Gasteiger partial charge in [0.2, 0.25) is 9.04 Å². The maximum atomic E-state index is 7.21. The van der Waals surface area contributed by atoms with Crippen LogP contribution >= 0.6 is 0 Å². The van der Waals surface area contributed by atoms with E-state index in [0.717, 1.165) is 34.6 Å². The van der Waals surface area contributed by atoms with Crippen molar-refractivity contribution in [3.8, 4) is 5.75 Å². The zero-order chi connectivity index (χ0) is 23.7. The van der Waals surface area contributed by atoms with Gasteiger partial charge in [-0.1, -0.05) is 86.6 Å². The van der Waals surface area contributed by atoms with Gasteiger partial charge >= 0.3 is 0 Å². The molecule has 1 unspecified atom stereocenters. The average molecular weight is 472 g/mol. The zero-order valence-corrected chi connectivity index (χ0v) is 21.6. The topological polar surface area (TPSA) is 44.5 Å². The second kappa shape index (κ2) is 9.39. The van der Waals surface area contributed by atoms with Gasteiger partial charge in [0.1, 0.15) is 5.75 Å². The molecule has 3 aromatic carbocycles. The van der Waals surface area contributed by atoms with E-state index in [1.54, 1.807) is 0 Å². The van der Waals surface area contributed by atoms with E-state index in [-0.39, 0.29) is 11.5 Å². The number of nitrogens with zero attached hydrogens (tertiary/aromatic N) is 1. The Morgan fingerprint density at radius 2 is 1.59 bits per heavy atom. The van der Waals surface area contributed by atoms with Crippen LogP contribution in [0.25, 0.3) is 11.0 Å². The highest BCUT2D eigenvalue weighted by Gasteiger charge is 2.35. The van der Waals surface area contributed by atoms with Crippen LogP contribution in [0.5, 0.6) is 5.75 Å². The van der Waals surface area contributed by atoms with Crippen molar-refractivity contribution in [2.45, 2.75) is 46.6 Å². The summed E-state index contributed by atoms with van der Waals surface area (Å²) in [5, 5.41) is 7.76. The van der Waals surface area contributed by atoms with Crippen molar-refractivity contribution in [3.05, 3.63) is 84.1 Å². The van der Waals surface area contributed by atoms with Gasteiger partial charge in [-0.05, 0) is 47.5 Å². The lowest BCUT2D eigenvalue weighted by Crippen LogP contribution is -2.47. The third-order valence-electron chi connectivity index (χ3n) is 6.50. The Labute approximate surface area is 203 Å². The van der Waals surface area contributed by atoms with Crippen LogP contribution in [-0.4, -0.2) is 20.8 Å². The van der Waals surface area contributed by atoms with Crippen molar-refractivity contribution >= 4 is 30.4 Å². The molecule has 1 saturated carbocycles. The monoisotopic (exact) mass is 471 g/mol. The number of hydrogen-bond donors (Lipinski definition) is 0. The minimum atomic E-state index is -1.98. The molecule has 0 amide bonds. The summed E-state index contributed by atoms with van der Waals surface area (Å²) in [4.78, 5) is 0. The van der Waals surface area contributed by atoms with Crippen molar-refractivity contribution in [1.29, 1.82) is 0 Å². The molecule has 0 radical (unpaired) electrons. The highest BCUT2D eigenvalue weighted by Crippen LogP contribution is 2.43. The summed E-state index contributed by atoms with van der Waals surface area (Å²) >= 11 is 0. The third kappa shape index (κ3) is 4.96. The number of hydrogen-bond acceptors (Lipinski definition) is 4. The Morgan fingerprint density at radius 3 is 2.15 bits per heavy atom. The number of aromatic nitrogens is 1. The van der Waals surface area contributed by atoms with Gasteiger partial charge in [-0.3, -0.25) is 0 Å². The van der Waals surface area contributed by atoms with E-state index in [9.17, 15) is 0 Å². The predicted molar refractivity (Wildman–Crippen MR) is 140 cm³/mol. The van der Waals surface area contributed by atoms with Gasteiger partial charge in [0, 0.05) is 17.0 Å². The Hall–Kier alpha value is -2.89. The molecule has 1 fully saturated rings. The standard InChI is InChI=1S/C29H33NO3Si/c1-20-24-17-25(26(18-27(24)32-30-20)31-19-21-15-16-21)28(29(2,3)4)33-34(22-11-7-5-8-12-22)23-13-9-6-10-14-23/h5-14,17-18,21,28,34H,15-16,19H2,1-4H3. The largest absolute Gasteiger partial charge is 0.493 e. The molecule has 5 heteroatoms. The van der Waals surface area contributed by atoms with Crippen LogP contribution in [0.3, 0.4) is 0 Å². The molecule has 1 heterocycles. The predicted octanol–water partition coefficient (Wildman–Crippen LogP) is 5.57. The minimum absolute atomic E-state index is 0.148. The molecule has 1 aromatic heterocycles. The fraction of sp³-hybridized carbons (Fsp3) is 0.345. The van der Waals surface area contributed by atoms with E-state index in [1.165, 1.54) is 23.2 Å². The first kappa shape index (κ1) is 22.9. The fourth-order valence-corrected chi connectivity index (χ4v) is 7.08. The van der Waals surface area contributed by atoms with Crippen LogP contribution in [0.4, 0.5) is 0 Å². The quantitative estimate of drug-likeness (QED) is 0.315. The smallest absolute Gasteiger partial charge is 0.240 e. The van der Waals surface area contributed by atoms with Gasteiger partial charge in [0.05, 0.1) is 18.4 Å². The van der Waals surface area contributed by atoms with Crippen LogP contribution < -0.4 is 15.1 Å². The minimum Gasteiger partial charge on any atom is -0.493 e. The lowest BCUT2D eigenvalue weighted by atomic mass is 9.84. The van der Waals surface area contributed by atoms with Crippen molar-refractivity contribution < 1.29 is 13.7 Å². The molecule has 176 valence electrons. The summed E-state index contributed by atoms with van der Waals surface area (Å²) in [6, 6.07) is 25.5. The van der Waals surface area contributed by atoms with E-state index in [4.69, 9.17) is 13.7 Å². The van der Waals surface area contributed by atoms with Crippen LogP contribution in [-0.2, 0) is 4.43 Å². The molecule has 4 nitrogen and oxygen atoms in total. The molecule has 0 aliphatic heterocycles. The zero-order valence-electron chi connectivity index (χ0n) is 20.5. The number of rotatable bonds is 8. The van der Waals surface area contributed by atoms with Crippen LogP contribution in [0.15, 0.2) is 77.3 Å². The Morgan fingerprint density at radius 1 is 0.971 bits per heavy atom. The second-order valence-corrected chi connectivity index (χ2v) is 12.9. The van der Waals surface area contributed by atoms with Gasteiger partial charge in [-0.25, -0.2) is 0 Å². The lowest BCUT2D eigenvalue weighted by molar-refractivity contribution is 0.0861. The van der Waals surface area contributed by atoms with Gasteiger partial charge in [0.15, 0.2) is 5.58 Å². The van der Waals surface area contributed by atoms with Crippen molar-refractivity contribution in [3.63, 3.8) is 0 Å². The first-order chi connectivity index (χ1) is 16.4. The fourth-order valence-electron chi connectivity index (χ4n) is 4.41. The molecule has 1 aliphatic rings. The Kier molecular flexibility index (Phi) is 6.32. The van der Waals surface area contributed by atoms with Gasteiger partial charge in [-0.2, -0.15) is 0 Å². The Bertz CT molecular complexity index is 1200. The molecule has 0 N–H and O–H groups in total. The summed E-state index contributed by atoms with van der Waals surface area (Å²) in [6.07, 6.45) is 2.34. The van der Waals surface area contributed by atoms with Crippen molar-refractivity contribution in [1.82, 2.24) is 5.16 Å². The maximum absolute atomic E-state index is 7.21. The van der Waals surface area contributed by atoms with E-state index in [1.807, 2.05) is 13.0 Å². The highest BCUT2D eigenvalue weighted by molar-refractivity contribution is 6.80.